The zero-order chi connectivity index (χ0) is 18.8. The normalized spacial score (nSPS) is 12.2. The molecule has 0 bridgehead atoms. The molecule has 2 aromatic carbocycles. The minimum atomic E-state index is -0.354. The van der Waals surface area contributed by atoms with Crippen LogP contribution in [0.25, 0.3) is 10.9 Å². The first-order valence-electron chi connectivity index (χ1n) is 8.61. The maximum atomic E-state index is 12.9. The second kappa shape index (κ2) is 7.46. The highest BCUT2D eigenvalue weighted by atomic mass is 79.9. The van der Waals surface area contributed by atoms with Crippen molar-refractivity contribution in [3.63, 3.8) is 0 Å². The molecule has 1 heterocycles. The zero-order valence-corrected chi connectivity index (χ0v) is 16.6. The Labute approximate surface area is 161 Å². The largest absolute Gasteiger partial charge is 0.347 e. The van der Waals surface area contributed by atoms with Crippen molar-refractivity contribution in [3.05, 3.63) is 80.0 Å². The molecule has 26 heavy (non-hydrogen) atoms. The lowest BCUT2D eigenvalue weighted by Gasteiger charge is -2.16. The maximum absolute atomic E-state index is 12.9. The predicted octanol–water partition coefficient (Wildman–Crippen LogP) is 4.58. The van der Waals surface area contributed by atoms with Crippen molar-refractivity contribution in [2.24, 2.45) is 0 Å². The molecule has 3 rings (SSSR count). The summed E-state index contributed by atoms with van der Waals surface area (Å²) in [7, 11) is 0. The van der Waals surface area contributed by atoms with E-state index in [1.807, 2.05) is 67.8 Å². The Hall–Kier alpha value is -2.40. The van der Waals surface area contributed by atoms with Crippen molar-refractivity contribution in [2.45, 2.75) is 33.4 Å². The molecular formula is C21H21BrN2O2. The van der Waals surface area contributed by atoms with Gasteiger partial charge in [-0.05, 0) is 50.6 Å². The van der Waals surface area contributed by atoms with Gasteiger partial charge in [0.15, 0.2) is 0 Å². The highest BCUT2D eigenvalue weighted by Gasteiger charge is 2.17. The molecule has 0 saturated heterocycles. The zero-order valence-electron chi connectivity index (χ0n) is 15.0. The van der Waals surface area contributed by atoms with Crippen LogP contribution in [0.1, 0.15) is 41.4 Å². The fourth-order valence-electron chi connectivity index (χ4n) is 3.07. The first-order chi connectivity index (χ1) is 12.4. The number of amides is 1. The van der Waals surface area contributed by atoms with Crippen LogP contribution in [0.5, 0.6) is 0 Å². The smallest absolute Gasteiger partial charge is 0.257 e. The molecule has 1 amide bonds. The van der Waals surface area contributed by atoms with E-state index < -0.39 is 0 Å². The fourth-order valence-corrected chi connectivity index (χ4v) is 3.49. The molecule has 0 aliphatic rings. The number of carbonyl (C=O) groups is 1. The van der Waals surface area contributed by atoms with Gasteiger partial charge in [-0.15, -0.1) is 0 Å². The SMILES string of the molecule is CCn1cc(C(=O)N[C@@H](C)c2cccc(Br)c2)c(=O)c2cc(C)ccc21. The van der Waals surface area contributed by atoms with Crippen molar-refractivity contribution in [1.82, 2.24) is 9.88 Å². The summed E-state index contributed by atoms with van der Waals surface area (Å²) in [6.07, 6.45) is 1.66. The second-order valence-electron chi connectivity index (χ2n) is 6.43. The maximum Gasteiger partial charge on any atom is 0.257 e. The Kier molecular flexibility index (Phi) is 5.28. The monoisotopic (exact) mass is 412 g/mol. The van der Waals surface area contributed by atoms with Crippen LogP contribution in [-0.2, 0) is 6.54 Å². The first kappa shape index (κ1) is 18.4. The van der Waals surface area contributed by atoms with E-state index in [1.54, 1.807) is 6.20 Å². The van der Waals surface area contributed by atoms with Crippen LogP contribution >= 0.6 is 15.9 Å². The highest BCUT2D eigenvalue weighted by molar-refractivity contribution is 9.10. The average molecular weight is 413 g/mol. The minimum absolute atomic E-state index is 0.173. The number of pyridine rings is 1. The van der Waals surface area contributed by atoms with Crippen molar-refractivity contribution < 1.29 is 4.79 Å². The number of hydrogen-bond acceptors (Lipinski definition) is 2. The number of aromatic nitrogens is 1. The average Bonchev–Trinajstić information content (AvgIpc) is 2.62. The molecule has 134 valence electrons. The van der Waals surface area contributed by atoms with E-state index in [-0.39, 0.29) is 22.9 Å². The topological polar surface area (TPSA) is 51.1 Å². The van der Waals surface area contributed by atoms with Gasteiger partial charge in [0.05, 0.1) is 11.6 Å². The molecule has 0 radical (unpaired) electrons. The lowest BCUT2D eigenvalue weighted by atomic mass is 10.1. The van der Waals surface area contributed by atoms with Gasteiger partial charge in [-0.2, -0.15) is 0 Å². The summed E-state index contributed by atoms with van der Waals surface area (Å²) in [5.41, 5.74) is 2.76. The summed E-state index contributed by atoms with van der Waals surface area (Å²) in [4.78, 5) is 25.7. The van der Waals surface area contributed by atoms with Gasteiger partial charge in [0.25, 0.3) is 5.91 Å². The molecule has 1 atom stereocenters. The van der Waals surface area contributed by atoms with E-state index in [4.69, 9.17) is 0 Å². The summed E-state index contributed by atoms with van der Waals surface area (Å²) in [6.45, 7) is 6.53. The first-order valence-corrected chi connectivity index (χ1v) is 9.40. The molecule has 0 spiro atoms. The van der Waals surface area contributed by atoms with E-state index in [1.165, 1.54) is 0 Å². The molecule has 0 saturated carbocycles. The molecule has 0 unspecified atom stereocenters. The van der Waals surface area contributed by atoms with E-state index in [9.17, 15) is 9.59 Å². The van der Waals surface area contributed by atoms with E-state index >= 15 is 0 Å². The molecule has 1 aromatic heterocycles. The number of fused-ring (bicyclic) bond motifs is 1. The number of rotatable bonds is 4. The number of nitrogens with one attached hydrogen (secondary N) is 1. The van der Waals surface area contributed by atoms with Crippen LogP contribution in [0.15, 0.2) is 57.9 Å². The summed E-state index contributed by atoms with van der Waals surface area (Å²) in [6, 6.07) is 13.3. The molecule has 0 aliphatic heterocycles. The molecule has 0 aliphatic carbocycles. The van der Waals surface area contributed by atoms with Crippen molar-refractivity contribution >= 4 is 32.7 Å². The number of nitrogens with zero attached hydrogens (tertiary/aromatic N) is 1. The van der Waals surface area contributed by atoms with Gasteiger partial charge in [-0.3, -0.25) is 9.59 Å². The van der Waals surface area contributed by atoms with Gasteiger partial charge in [-0.1, -0.05) is 39.7 Å². The van der Waals surface area contributed by atoms with Gasteiger partial charge >= 0.3 is 0 Å². The van der Waals surface area contributed by atoms with Crippen molar-refractivity contribution in [3.8, 4) is 0 Å². The quantitative estimate of drug-likeness (QED) is 0.681. The van der Waals surface area contributed by atoms with E-state index in [2.05, 4.69) is 21.2 Å². The van der Waals surface area contributed by atoms with Gasteiger partial charge in [0.1, 0.15) is 5.56 Å². The number of halogens is 1. The standard InChI is InChI=1S/C21H21BrN2O2/c1-4-24-12-18(20(25)17-10-13(2)8-9-19(17)24)21(26)23-14(3)15-6-5-7-16(22)11-15/h5-12,14H,4H2,1-3H3,(H,23,26)/t14-/m0/s1. The molecule has 4 nitrogen and oxygen atoms in total. The third-order valence-corrected chi connectivity index (χ3v) is 5.01. The third-order valence-electron chi connectivity index (χ3n) is 4.52. The second-order valence-corrected chi connectivity index (χ2v) is 7.34. The molecule has 0 fully saturated rings. The van der Waals surface area contributed by atoms with Crippen LogP contribution in [-0.4, -0.2) is 10.5 Å². The van der Waals surface area contributed by atoms with E-state index in [0.717, 1.165) is 21.1 Å². The summed E-state index contributed by atoms with van der Waals surface area (Å²) >= 11 is 3.44. The Morgan fingerprint density at radius 3 is 2.69 bits per heavy atom. The van der Waals surface area contributed by atoms with Crippen LogP contribution in [0, 0.1) is 6.92 Å². The summed E-state index contributed by atoms with van der Waals surface area (Å²) in [5, 5.41) is 3.52. The van der Waals surface area contributed by atoms with Crippen LogP contribution in [0.3, 0.4) is 0 Å². The van der Waals surface area contributed by atoms with Crippen LogP contribution in [0.4, 0.5) is 0 Å². The number of carbonyl (C=O) groups excluding carboxylic acids is 1. The lowest BCUT2D eigenvalue weighted by molar-refractivity contribution is 0.0938. The van der Waals surface area contributed by atoms with Gasteiger partial charge < -0.3 is 9.88 Å². The molecule has 5 heteroatoms. The minimum Gasteiger partial charge on any atom is -0.347 e. The summed E-state index contributed by atoms with van der Waals surface area (Å²) in [5.74, 6) is -0.354. The highest BCUT2D eigenvalue weighted by Crippen LogP contribution is 2.19. The third kappa shape index (κ3) is 3.58. The Morgan fingerprint density at radius 1 is 1.23 bits per heavy atom. The van der Waals surface area contributed by atoms with Gasteiger partial charge in [0.2, 0.25) is 5.43 Å². The van der Waals surface area contributed by atoms with Crippen molar-refractivity contribution in [1.29, 1.82) is 0 Å². The van der Waals surface area contributed by atoms with Gasteiger partial charge in [-0.25, -0.2) is 0 Å². The Bertz CT molecular complexity index is 1040. The van der Waals surface area contributed by atoms with Crippen LogP contribution < -0.4 is 10.7 Å². The van der Waals surface area contributed by atoms with Crippen LogP contribution in [0.2, 0.25) is 0 Å². The fraction of sp³-hybridized carbons (Fsp3) is 0.238. The van der Waals surface area contributed by atoms with E-state index in [0.29, 0.717) is 11.9 Å². The predicted molar refractivity (Wildman–Crippen MR) is 109 cm³/mol. The Morgan fingerprint density at radius 2 is 2.00 bits per heavy atom. The van der Waals surface area contributed by atoms with Crippen molar-refractivity contribution in [2.75, 3.05) is 0 Å². The number of aryl methyl sites for hydroxylation is 2. The summed E-state index contributed by atoms with van der Waals surface area (Å²) < 4.78 is 2.89. The molecule has 1 N–H and O–H groups in total. The Balaban J connectivity index is 2.00. The molecule has 3 aromatic rings. The number of benzene rings is 2. The van der Waals surface area contributed by atoms with Gasteiger partial charge in [0, 0.05) is 22.6 Å². The lowest BCUT2D eigenvalue weighted by Crippen LogP contribution is -2.31. The molecular weight excluding hydrogens is 392 g/mol. The number of hydrogen-bond donors (Lipinski definition) is 1.